The van der Waals surface area contributed by atoms with Crippen LogP contribution in [0.1, 0.15) is 0 Å². The van der Waals surface area contributed by atoms with E-state index in [1.165, 1.54) is 18.5 Å². The molecule has 70 valence electrons. The molecule has 2 rings (SSSR count). The van der Waals surface area contributed by atoms with Crippen LogP contribution in [0.4, 0.5) is 11.5 Å². The van der Waals surface area contributed by atoms with Crippen molar-refractivity contribution in [2.45, 2.75) is 0 Å². The van der Waals surface area contributed by atoms with Gasteiger partial charge in [-0.05, 0) is 6.07 Å². The van der Waals surface area contributed by atoms with Gasteiger partial charge >= 0.3 is 0 Å². The molecule has 2 N–H and O–H groups in total. The summed E-state index contributed by atoms with van der Waals surface area (Å²) in [5.74, 6) is 0.324. The quantitative estimate of drug-likeness (QED) is 0.537. The molecule has 0 saturated heterocycles. The van der Waals surface area contributed by atoms with Crippen molar-refractivity contribution in [1.82, 2.24) is 9.97 Å². The van der Waals surface area contributed by atoms with E-state index in [0.717, 1.165) is 0 Å². The number of nitro groups is 1. The number of benzene rings is 1. The maximum atomic E-state index is 10.5. The summed E-state index contributed by atoms with van der Waals surface area (Å²) in [6.45, 7) is 0. The van der Waals surface area contributed by atoms with Crippen LogP contribution in [-0.2, 0) is 0 Å². The topological polar surface area (TPSA) is 94.9 Å². The van der Waals surface area contributed by atoms with Crippen LogP contribution in [0, 0.1) is 10.1 Å². The number of hydrogen-bond acceptors (Lipinski definition) is 5. The number of nitrogens with two attached hydrogens (primary N) is 1. The highest BCUT2D eigenvalue weighted by Gasteiger charge is 2.07. The molecule has 2 aromatic rings. The van der Waals surface area contributed by atoms with E-state index in [-0.39, 0.29) is 5.69 Å². The van der Waals surface area contributed by atoms with Crippen molar-refractivity contribution in [3.8, 4) is 0 Å². The Labute approximate surface area is 78.5 Å². The van der Waals surface area contributed by atoms with Gasteiger partial charge in [-0.2, -0.15) is 0 Å². The van der Waals surface area contributed by atoms with Gasteiger partial charge in [-0.15, -0.1) is 0 Å². The standard InChI is InChI=1S/C8H6N4O2/c9-8-6-2-1-5(12(13)14)3-7(6)10-4-11-8/h1-4H,(H2,9,10,11). The van der Waals surface area contributed by atoms with Crippen molar-refractivity contribution < 1.29 is 4.92 Å². The molecule has 0 atom stereocenters. The predicted molar refractivity (Wildman–Crippen MR) is 50.6 cm³/mol. The third-order valence-corrected chi connectivity index (χ3v) is 1.86. The Kier molecular flexibility index (Phi) is 1.74. The van der Waals surface area contributed by atoms with Gasteiger partial charge in [0, 0.05) is 17.5 Å². The first kappa shape index (κ1) is 8.36. The maximum absolute atomic E-state index is 10.5. The van der Waals surface area contributed by atoms with E-state index in [4.69, 9.17) is 5.73 Å². The molecule has 1 aromatic carbocycles. The first-order valence-electron chi connectivity index (χ1n) is 3.83. The molecule has 0 fully saturated rings. The van der Waals surface area contributed by atoms with Gasteiger partial charge in [0.05, 0.1) is 10.4 Å². The van der Waals surface area contributed by atoms with Gasteiger partial charge in [-0.25, -0.2) is 9.97 Å². The van der Waals surface area contributed by atoms with Crippen LogP contribution in [0.3, 0.4) is 0 Å². The van der Waals surface area contributed by atoms with E-state index in [9.17, 15) is 10.1 Å². The van der Waals surface area contributed by atoms with Gasteiger partial charge in [-0.1, -0.05) is 0 Å². The molecule has 0 spiro atoms. The zero-order valence-corrected chi connectivity index (χ0v) is 7.04. The summed E-state index contributed by atoms with van der Waals surface area (Å²) in [7, 11) is 0. The van der Waals surface area contributed by atoms with Gasteiger partial charge in [0.25, 0.3) is 5.69 Å². The summed E-state index contributed by atoms with van der Waals surface area (Å²) in [5.41, 5.74) is 6.04. The Hall–Kier alpha value is -2.24. The minimum atomic E-state index is -0.474. The number of hydrogen-bond donors (Lipinski definition) is 1. The maximum Gasteiger partial charge on any atom is 0.271 e. The highest BCUT2D eigenvalue weighted by atomic mass is 16.6. The second kappa shape index (κ2) is 2.91. The fourth-order valence-corrected chi connectivity index (χ4v) is 1.18. The van der Waals surface area contributed by atoms with Crippen LogP contribution < -0.4 is 5.73 Å². The minimum Gasteiger partial charge on any atom is -0.383 e. The van der Waals surface area contributed by atoms with E-state index in [1.54, 1.807) is 6.07 Å². The largest absolute Gasteiger partial charge is 0.383 e. The van der Waals surface area contributed by atoms with Crippen LogP contribution in [0.2, 0.25) is 0 Å². The summed E-state index contributed by atoms with van der Waals surface area (Å²) in [4.78, 5) is 17.7. The van der Waals surface area contributed by atoms with Crippen LogP contribution in [0.5, 0.6) is 0 Å². The lowest BCUT2D eigenvalue weighted by molar-refractivity contribution is -0.384. The van der Waals surface area contributed by atoms with E-state index in [1.807, 2.05) is 0 Å². The third kappa shape index (κ3) is 1.22. The van der Waals surface area contributed by atoms with E-state index in [0.29, 0.717) is 16.7 Å². The molecular formula is C8H6N4O2. The molecule has 0 aliphatic rings. The number of nitrogens with zero attached hydrogens (tertiary/aromatic N) is 3. The van der Waals surface area contributed by atoms with Gasteiger partial charge in [-0.3, -0.25) is 10.1 Å². The predicted octanol–water partition coefficient (Wildman–Crippen LogP) is 1.12. The zero-order valence-electron chi connectivity index (χ0n) is 7.04. The van der Waals surface area contributed by atoms with Crippen molar-refractivity contribution in [3.05, 3.63) is 34.6 Å². The van der Waals surface area contributed by atoms with Gasteiger partial charge < -0.3 is 5.73 Å². The third-order valence-electron chi connectivity index (χ3n) is 1.86. The molecule has 0 radical (unpaired) electrons. The average Bonchev–Trinajstić information content (AvgIpc) is 2.17. The summed E-state index contributed by atoms with van der Waals surface area (Å²) >= 11 is 0. The van der Waals surface area contributed by atoms with Crippen molar-refractivity contribution >= 4 is 22.4 Å². The van der Waals surface area contributed by atoms with Crippen molar-refractivity contribution in [2.75, 3.05) is 5.73 Å². The van der Waals surface area contributed by atoms with Crippen LogP contribution in [0.15, 0.2) is 24.5 Å². The van der Waals surface area contributed by atoms with Gasteiger partial charge in [0.1, 0.15) is 12.1 Å². The smallest absolute Gasteiger partial charge is 0.271 e. The SMILES string of the molecule is Nc1ncnc2cc([N+](=O)[O-])ccc12. The van der Waals surface area contributed by atoms with Gasteiger partial charge in [0.15, 0.2) is 0 Å². The van der Waals surface area contributed by atoms with Crippen molar-refractivity contribution in [2.24, 2.45) is 0 Å². The number of nitro benzene ring substituents is 1. The highest BCUT2D eigenvalue weighted by molar-refractivity contribution is 5.89. The lowest BCUT2D eigenvalue weighted by Crippen LogP contribution is -1.94. The van der Waals surface area contributed by atoms with E-state index < -0.39 is 4.92 Å². The second-order valence-corrected chi connectivity index (χ2v) is 2.72. The van der Waals surface area contributed by atoms with E-state index >= 15 is 0 Å². The number of nitrogen functional groups attached to an aromatic ring is 1. The summed E-state index contributed by atoms with van der Waals surface area (Å²) < 4.78 is 0. The number of non-ortho nitro benzene ring substituents is 1. The number of aromatic nitrogens is 2. The normalized spacial score (nSPS) is 10.3. The summed E-state index contributed by atoms with van der Waals surface area (Å²) in [6.07, 6.45) is 1.28. The molecule has 1 aromatic heterocycles. The molecule has 0 amide bonds. The van der Waals surface area contributed by atoms with Crippen molar-refractivity contribution in [1.29, 1.82) is 0 Å². The Morgan fingerprint density at radius 2 is 2.14 bits per heavy atom. The molecule has 0 aliphatic heterocycles. The lowest BCUT2D eigenvalue weighted by Gasteiger charge is -1.98. The highest BCUT2D eigenvalue weighted by Crippen LogP contribution is 2.21. The van der Waals surface area contributed by atoms with Crippen LogP contribution in [-0.4, -0.2) is 14.9 Å². The molecule has 14 heavy (non-hydrogen) atoms. The first-order chi connectivity index (χ1) is 6.68. The Bertz CT molecular complexity index is 512. The molecule has 6 heteroatoms. The average molecular weight is 190 g/mol. The molecule has 0 unspecified atom stereocenters. The van der Waals surface area contributed by atoms with Crippen molar-refractivity contribution in [3.63, 3.8) is 0 Å². The van der Waals surface area contributed by atoms with Gasteiger partial charge in [0.2, 0.25) is 0 Å². The minimum absolute atomic E-state index is 0.00407. The van der Waals surface area contributed by atoms with E-state index in [2.05, 4.69) is 9.97 Å². The molecule has 0 saturated carbocycles. The Morgan fingerprint density at radius 3 is 2.86 bits per heavy atom. The lowest BCUT2D eigenvalue weighted by atomic mass is 10.2. The molecule has 1 heterocycles. The molecule has 0 bridgehead atoms. The first-order valence-corrected chi connectivity index (χ1v) is 3.83. The Morgan fingerprint density at radius 1 is 1.36 bits per heavy atom. The second-order valence-electron chi connectivity index (χ2n) is 2.72. The number of anilines is 1. The fourth-order valence-electron chi connectivity index (χ4n) is 1.18. The fraction of sp³-hybridized carbons (Fsp3) is 0. The number of rotatable bonds is 1. The monoisotopic (exact) mass is 190 g/mol. The van der Waals surface area contributed by atoms with Crippen LogP contribution in [0.25, 0.3) is 10.9 Å². The number of fused-ring (bicyclic) bond motifs is 1. The van der Waals surface area contributed by atoms with Crippen LogP contribution >= 0.6 is 0 Å². The zero-order chi connectivity index (χ0) is 10.1. The molecular weight excluding hydrogens is 184 g/mol. The molecule has 0 aliphatic carbocycles. The summed E-state index contributed by atoms with van der Waals surface area (Å²) in [5, 5.41) is 11.1. The summed E-state index contributed by atoms with van der Waals surface area (Å²) in [6, 6.07) is 4.29. The Balaban J connectivity index is 2.73. The molecule has 6 nitrogen and oxygen atoms in total.